The number of anilines is 1. The smallest absolute Gasteiger partial charge is 0.319 e. The van der Waals surface area contributed by atoms with Crippen LogP contribution in [-0.2, 0) is 6.42 Å². The van der Waals surface area contributed by atoms with Crippen molar-refractivity contribution >= 4 is 17.5 Å². The first-order valence-corrected chi connectivity index (χ1v) is 7.90. The van der Waals surface area contributed by atoms with Gasteiger partial charge in [0.2, 0.25) is 0 Å². The lowest BCUT2D eigenvalue weighted by molar-refractivity contribution is 0.101. The summed E-state index contributed by atoms with van der Waals surface area (Å²) in [7, 11) is 0. The summed E-state index contributed by atoms with van der Waals surface area (Å²) in [4.78, 5) is 23.7. The number of Topliss-reactive ketones (excluding diaryl/α,β-unsaturated/α-hetero) is 1. The van der Waals surface area contributed by atoms with Crippen LogP contribution in [0.3, 0.4) is 0 Å². The SMILES string of the molecule is CC(=O)c1ccc(NC(=O)N[C@H]2c3ccccc3C[C@H]2O)cc1C. The third kappa shape index (κ3) is 3.16. The number of fused-ring (bicyclic) bond motifs is 1. The van der Waals surface area contributed by atoms with Gasteiger partial charge in [0.1, 0.15) is 0 Å². The van der Waals surface area contributed by atoms with E-state index in [1.807, 2.05) is 31.2 Å². The molecule has 0 saturated heterocycles. The zero-order chi connectivity index (χ0) is 17.3. The van der Waals surface area contributed by atoms with Gasteiger partial charge >= 0.3 is 6.03 Å². The monoisotopic (exact) mass is 324 g/mol. The van der Waals surface area contributed by atoms with E-state index in [-0.39, 0.29) is 11.8 Å². The number of rotatable bonds is 3. The number of amides is 2. The largest absolute Gasteiger partial charge is 0.390 e. The number of aliphatic hydroxyl groups excluding tert-OH is 1. The molecule has 0 bridgehead atoms. The molecule has 2 aromatic rings. The Balaban J connectivity index is 1.70. The summed E-state index contributed by atoms with van der Waals surface area (Å²) in [5.41, 5.74) is 4.06. The minimum Gasteiger partial charge on any atom is -0.390 e. The topological polar surface area (TPSA) is 78.4 Å². The predicted octanol–water partition coefficient (Wildman–Crippen LogP) is 2.98. The molecule has 124 valence electrons. The van der Waals surface area contributed by atoms with Crippen LogP contribution in [0.1, 0.15) is 40.0 Å². The van der Waals surface area contributed by atoms with E-state index in [4.69, 9.17) is 0 Å². The van der Waals surface area contributed by atoms with Gasteiger partial charge in [-0.3, -0.25) is 4.79 Å². The lowest BCUT2D eigenvalue weighted by Gasteiger charge is -2.18. The van der Waals surface area contributed by atoms with E-state index in [0.717, 1.165) is 16.7 Å². The molecular weight excluding hydrogens is 304 g/mol. The summed E-state index contributed by atoms with van der Waals surface area (Å²) < 4.78 is 0. The van der Waals surface area contributed by atoms with Gasteiger partial charge < -0.3 is 15.7 Å². The number of urea groups is 1. The molecule has 0 radical (unpaired) electrons. The fraction of sp³-hybridized carbons (Fsp3) is 0.263. The average Bonchev–Trinajstić information content (AvgIpc) is 2.83. The normalized spacial score (nSPS) is 18.8. The summed E-state index contributed by atoms with van der Waals surface area (Å²) in [6, 6.07) is 12.1. The Morgan fingerprint density at radius 3 is 2.62 bits per heavy atom. The molecule has 0 heterocycles. The van der Waals surface area contributed by atoms with Gasteiger partial charge in [0.05, 0.1) is 12.1 Å². The van der Waals surface area contributed by atoms with Crippen molar-refractivity contribution in [3.05, 3.63) is 64.7 Å². The molecule has 1 aliphatic carbocycles. The standard InChI is InChI=1S/C19H20N2O3/c1-11-9-14(7-8-15(11)12(2)22)20-19(24)21-18-16-6-4-3-5-13(16)10-17(18)23/h3-9,17-18,23H,10H2,1-2H3,(H2,20,21,24)/t17-,18+/m1/s1. The van der Waals surface area contributed by atoms with Crippen LogP contribution in [0.2, 0.25) is 0 Å². The summed E-state index contributed by atoms with van der Waals surface area (Å²) in [5, 5.41) is 15.8. The number of benzene rings is 2. The van der Waals surface area contributed by atoms with Crippen molar-refractivity contribution in [2.45, 2.75) is 32.4 Å². The van der Waals surface area contributed by atoms with Gasteiger partial charge in [-0.15, -0.1) is 0 Å². The molecule has 0 aromatic heterocycles. The number of ketones is 1. The number of hydrogen-bond donors (Lipinski definition) is 3. The zero-order valence-corrected chi connectivity index (χ0v) is 13.7. The Morgan fingerprint density at radius 1 is 1.17 bits per heavy atom. The van der Waals surface area contributed by atoms with Crippen LogP contribution in [0.4, 0.5) is 10.5 Å². The summed E-state index contributed by atoms with van der Waals surface area (Å²) in [6.07, 6.45) is -0.0944. The molecule has 0 aliphatic heterocycles. The number of aryl methyl sites for hydroxylation is 1. The van der Waals surface area contributed by atoms with Crippen LogP contribution < -0.4 is 10.6 Å². The van der Waals surface area contributed by atoms with Crippen molar-refractivity contribution in [3.8, 4) is 0 Å². The fourth-order valence-corrected chi connectivity index (χ4v) is 3.19. The number of nitrogens with one attached hydrogen (secondary N) is 2. The number of aliphatic hydroxyl groups is 1. The Kier molecular flexibility index (Phi) is 4.36. The molecular formula is C19H20N2O3. The van der Waals surface area contributed by atoms with Gasteiger partial charge in [0.15, 0.2) is 5.78 Å². The van der Waals surface area contributed by atoms with E-state index in [0.29, 0.717) is 17.7 Å². The third-order valence-electron chi connectivity index (χ3n) is 4.35. The number of carbonyl (C=O) groups excluding carboxylic acids is 2. The van der Waals surface area contributed by atoms with Crippen molar-refractivity contribution in [2.75, 3.05) is 5.32 Å². The van der Waals surface area contributed by atoms with Crippen molar-refractivity contribution in [1.82, 2.24) is 5.32 Å². The molecule has 2 atom stereocenters. The molecule has 3 N–H and O–H groups in total. The molecule has 1 aliphatic rings. The molecule has 0 spiro atoms. The van der Waals surface area contributed by atoms with E-state index in [2.05, 4.69) is 10.6 Å². The van der Waals surface area contributed by atoms with Crippen molar-refractivity contribution in [3.63, 3.8) is 0 Å². The van der Waals surface area contributed by atoms with Gasteiger partial charge in [-0.1, -0.05) is 24.3 Å². The molecule has 3 rings (SSSR count). The van der Waals surface area contributed by atoms with Gasteiger partial charge in [0.25, 0.3) is 0 Å². The maximum Gasteiger partial charge on any atom is 0.319 e. The number of hydrogen-bond acceptors (Lipinski definition) is 3. The summed E-state index contributed by atoms with van der Waals surface area (Å²) >= 11 is 0. The highest BCUT2D eigenvalue weighted by Crippen LogP contribution is 2.31. The molecule has 5 nitrogen and oxygen atoms in total. The Labute approximate surface area is 140 Å². The Hall–Kier alpha value is -2.66. The van der Waals surface area contributed by atoms with Crippen LogP contribution >= 0.6 is 0 Å². The predicted molar refractivity (Wildman–Crippen MR) is 92.2 cm³/mol. The van der Waals surface area contributed by atoms with Gasteiger partial charge in [0, 0.05) is 17.7 Å². The van der Waals surface area contributed by atoms with E-state index < -0.39 is 12.1 Å². The average molecular weight is 324 g/mol. The first kappa shape index (κ1) is 16.2. The van der Waals surface area contributed by atoms with Gasteiger partial charge in [-0.05, 0) is 48.7 Å². The molecule has 2 aromatic carbocycles. The molecule has 24 heavy (non-hydrogen) atoms. The van der Waals surface area contributed by atoms with E-state index in [9.17, 15) is 14.7 Å². The zero-order valence-electron chi connectivity index (χ0n) is 13.7. The quantitative estimate of drug-likeness (QED) is 0.760. The molecule has 0 unspecified atom stereocenters. The minimum absolute atomic E-state index is 0.00538. The van der Waals surface area contributed by atoms with Crippen LogP contribution in [0.15, 0.2) is 42.5 Å². The van der Waals surface area contributed by atoms with Crippen molar-refractivity contribution in [1.29, 1.82) is 0 Å². The Morgan fingerprint density at radius 2 is 1.92 bits per heavy atom. The third-order valence-corrected chi connectivity index (χ3v) is 4.35. The van der Waals surface area contributed by atoms with Crippen LogP contribution in [0, 0.1) is 6.92 Å². The number of carbonyl (C=O) groups is 2. The first-order valence-electron chi connectivity index (χ1n) is 7.90. The second-order valence-corrected chi connectivity index (χ2v) is 6.13. The lowest BCUT2D eigenvalue weighted by Crippen LogP contribution is -2.36. The second-order valence-electron chi connectivity index (χ2n) is 6.13. The fourth-order valence-electron chi connectivity index (χ4n) is 3.19. The summed E-state index contributed by atoms with van der Waals surface area (Å²) in [5.74, 6) is -0.00538. The van der Waals surface area contributed by atoms with Crippen molar-refractivity contribution in [2.24, 2.45) is 0 Å². The molecule has 0 fully saturated rings. The molecule has 5 heteroatoms. The van der Waals surface area contributed by atoms with Crippen LogP contribution in [0.5, 0.6) is 0 Å². The van der Waals surface area contributed by atoms with Crippen molar-refractivity contribution < 1.29 is 14.7 Å². The highest BCUT2D eigenvalue weighted by molar-refractivity contribution is 5.97. The van der Waals surface area contributed by atoms with Gasteiger partial charge in [-0.2, -0.15) is 0 Å². The highest BCUT2D eigenvalue weighted by Gasteiger charge is 2.31. The van der Waals surface area contributed by atoms with Gasteiger partial charge in [-0.25, -0.2) is 4.79 Å². The van der Waals surface area contributed by atoms with Crippen LogP contribution in [0.25, 0.3) is 0 Å². The molecule has 2 amide bonds. The first-order chi connectivity index (χ1) is 11.5. The second kappa shape index (κ2) is 6.45. The Bertz CT molecular complexity index is 801. The van der Waals surface area contributed by atoms with E-state index in [1.165, 1.54) is 6.92 Å². The van der Waals surface area contributed by atoms with E-state index in [1.54, 1.807) is 18.2 Å². The highest BCUT2D eigenvalue weighted by atomic mass is 16.3. The maximum absolute atomic E-state index is 12.3. The lowest BCUT2D eigenvalue weighted by atomic mass is 10.0. The minimum atomic E-state index is -0.630. The maximum atomic E-state index is 12.3. The molecule has 0 saturated carbocycles. The van der Waals surface area contributed by atoms with Crippen LogP contribution in [-0.4, -0.2) is 23.0 Å². The summed E-state index contributed by atoms with van der Waals surface area (Å²) in [6.45, 7) is 3.35. The van der Waals surface area contributed by atoms with E-state index >= 15 is 0 Å².